The number of hydrogen-bond donors (Lipinski definition) is 2. The molecule has 2 amide bonds. The van der Waals surface area contributed by atoms with Crippen molar-refractivity contribution in [3.63, 3.8) is 0 Å². The number of nitrogens with one attached hydrogen (secondary N) is 1. The fourth-order valence-electron chi connectivity index (χ4n) is 2.33. The molecule has 2 N–H and O–H groups in total. The van der Waals surface area contributed by atoms with Gasteiger partial charge in [0.1, 0.15) is 0 Å². The molecule has 0 bridgehead atoms. The lowest BCUT2D eigenvalue weighted by molar-refractivity contribution is 0.0854. The van der Waals surface area contributed by atoms with Crippen LogP contribution in [0.5, 0.6) is 0 Å². The molecule has 1 saturated carbocycles. The summed E-state index contributed by atoms with van der Waals surface area (Å²) in [4.78, 5) is 13.7. The number of piperidine rings is 1. The molecule has 0 unspecified atom stereocenters. The van der Waals surface area contributed by atoms with Gasteiger partial charge in [0, 0.05) is 13.1 Å². The van der Waals surface area contributed by atoms with E-state index in [1.165, 1.54) is 6.42 Å². The first kappa shape index (κ1) is 10.7. The number of hydrogen-bond acceptors (Lipinski definition) is 2. The Morgan fingerprint density at radius 2 is 1.87 bits per heavy atom. The molecule has 4 nitrogen and oxygen atoms in total. The first-order chi connectivity index (χ1) is 7.26. The van der Waals surface area contributed by atoms with E-state index >= 15 is 0 Å². The summed E-state index contributed by atoms with van der Waals surface area (Å²) in [7, 11) is 0. The summed E-state index contributed by atoms with van der Waals surface area (Å²) >= 11 is 0. The van der Waals surface area contributed by atoms with Crippen molar-refractivity contribution in [2.24, 2.45) is 0 Å². The summed E-state index contributed by atoms with van der Waals surface area (Å²) in [6.45, 7) is 1.81. The van der Waals surface area contributed by atoms with E-state index in [2.05, 4.69) is 5.32 Å². The Morgan fingerprint density at radius 1 is 1.20 bits per heavy atom. The van der Waals surface area contributed by atoms with Crippen molar-refractivity contribution >= 4 is 6.03 Å². The van der Waals surface area contributed by atoms with Crippen molar-refractivity contribution in [2.45, 2.75) is 44.1 Å². The molecule has 0 radical (unpaired) electrons. The van der Waals surface area contributed by atoms with E-state index in [9.17, 15) is 9.90 Å². The van der Waals surface area contributed by atoms with Gasteiger partial charge in [0.2, 0.25) is 0 Å². The second-order valence-electron chi connectivity index (χ2n) is 4.77. The normalized spacial score (nSPS) is 24.5. The van der Waals surface area contributed by atoms with Crippen LogP contribution in [0.2, 0.25) is 0 Å². The minimum Gasteiger partial charge on any atom is -0.394 e. The quantitative estimate of drug-likeness (QED) is 0.720. The highest BCUT2D eigenvalue weighted by molar-refractivity contribution is 5.75. The Kier molecular flexibility index (Phi) is 3.14. The molecule has 0 aromatic heterocycles. The number of urea groups is 1. The van der Waals surface area contributed by atoms with Crippen molar-refractivity contribution in [2.75, 3.05) is 19.7 Å². The Morgan fingerprint density at radius 3 is 2.33 bits per heavy atom. The summed E-state index contributed by atoms with van der Waals surface area (Å²) < 4.78 is 0. The monoisotopic (exact) mass is 212 g/mol. The van der Waals surface area contributed by atoms with Crippen LogP contribution < -0.4 is 5.32 Å². The van der Waals surface area contributed by atoms with Gasteiger partial charge in [-0.15, -0.1) is 0 Å². The van der Waals surface area contributed by atoms with Gasteiger partial charge in [0.15, 0.2) is 0 Å². The SMILES string of the molecule is O=C(NC1(CO)CCC1)N1CCCCC1. The molecule has 2 aliphatic rings. The van der Waals surface area contributed by atoms with Crippen LogP contribution in [0.25, 0.3) is 0 Å². The van der Waals surface area contributed by atoms with Crippen LogP contribution in [-0.4, -0.2) is 41.3 Å². The van der Waals surface area contributed by atoms with Gasteiger partial charge in [-0.3, -0.25) is 0 Å². The lowest BCUT2D eigenvalue weighted by Crippen LogP contribution is -2.59. The molecular weight excluding hydrogens is 192 g/mol. The first-order valence-electron chi connectivity index (χ1n) is 5.94. The van der Waals surface area contributed by atoms with Crippen LogP contribution in [0, 0.1) is 0 Å². The minimum atomic E-state index is -0.297. The number of aliphatic hydroxyl groups excluding tert-OH is 1. The van der Waals surface area contributed by atoms with Gasteiger partial charge < -0.3 is 15.3 Å². The van der Waals surface area contributed by atoms with Gasteiger partial charge in [-0.25, -0.2) is 4.79 Å². The topological polar surface area (TPSA) is 52.6 Å². The third-order valence-electron chi connectivity index (χ3n) is 3.63. The standard InChI is InChI=1S/C11H20N2O2/c14-9-11(5-4-6-11)12-10(15)13-7-2-1-3-8-13/h14H,1-9H2,(H,12,15). The maximum absolute atomic E-state index is 11.9. The largest absolute Gasteiger partial charge is 0.394 e. The average molecular weight is 212 g/mol. The number of aliphatic hydroxyl groups is 1. The number of carbonyl (C=O) groups is 1. The Bertz CT molecular complexity index is 227. The number of carbonyl (C=O) groups excluding carboxylic acids is 1. The highest BCUT2D eigenvalue weighted by atomic mass is 16.3. The maximum atomic E-state index is 11.9. The van der Waals surface area contributed by atoms with Crippen LogP contribution in [0.4, 0.5) is 4.79 Å². The predicted molar refractivity (Wildman–Crippen MR) is 57.6 cm³/mol. The van der Waals surface area contributed by atoms with E-state index in [0.29, 0.717) is 0 Å². The van der Waals surface area contributed by atoms with Crippen molar-refractivity contribution in [1.82, 2.24) is 10.2 Å². The van der Waals surface area contributed by atoms with Gasteiger partial charge >= 0.3 is 6.03 Å². The zero-order valence-electron chi connectivity index (χ0n) is 9.17. The lowest BCUT2D eigenvalue weighted by atomic mass is 9.77. The second-order valence-corrected chi connectivity index (χ2v) is 4.77. The van der Waals surface area contributed by atoms with Gasteiger partial charge in [-0.05, 0) is 38.5 Å². The molecule has 4 heteroatoms. The molecule has 0 aromatic rings. The fraction of sp³-hybridized carbons (Fsp3) is 0.909. The molecular formula is C11H20N2O2. The molecule has 1 heterocycles. The molecule has 1 aliphatic heterocycles. The third-order valence-corrected chi connectivity index (χ3v) is 3.63. The van der Waals surface area contributed by atoms with E-state index in [0.717, 1.165) is 45.2 Å². The highest BCUT2D eigenvalue weighted by Crippen LogP contribution is 2.31. The van der Waals surface area contributed by atoms with Crippen molar-refractivity contribution in [3.8, 4) is 0 Å². The third kappa shape index (κ3) is 2.25. The van der Waals surface area contributed by atoms with Crippen molar-refractivity contribution < 1.29 is 9.90 Å². The van der Waals surface area contributed by atoms with Gasteiger partial charge in [-0.2, -0.15) is 0 Å². The Labute approximate surface area is 90.6 Å². The highest BCUT2D eigenvalue weighted by Gasteiger charge is 2.38. The lowest BCUT2D eigenvalue weighted by Gasteiger charge is -2.42. The zero-order chi connectivity index (χ0) is 10.7. The summed E-state index contributed by atoms with van der Waals surface area (Å²) in [5.41, 5.74) is -0.297. The van der Waals surface area contributed by atoms with Crippen LogP contribution in [-0.2, 0) is 0 Å². The molecule has 0 spiro atoms. The second kappa shape index (κ2) is 4.39. The predicted octanol–water partition coefficient (Wildman–Crippen LogP) is 1.10. The minimum absolute atomic E-state index is 0.0171. The summed E-state index contributed by atoms with van der Waals surface area (Å²) in [5, 5.41) is 12.2. The average Bonchev–Trinajstić information content (AvgIpc) is 2.24. The smallest absolute Gasteiger partial charge is 0.317 e. The van der Waals surface area contributed by atoms with Gasteiger partial charge in [0.25, 0.3) is 0 Å². The van der Waals surface area contributed by atoms with Crippen LogP contribution in [0.3, 0.4) is 0 Å². The van der Waals surface area contributed by atoms with Gasteiger partial charge in [-0.1, -0.05) is 0 Å². The molecule has 0 aromatic carbocycles. The molecule has 15 heavy (non-hydrogen) atoms. The van der Waals surface area contributed by atoms with Crippen molar-refractivity contribution in [1.29, 1.82) is 0 Å². The molecule has 2 fully saturated rings. The van der Waals surface area contributed by atoms with E-state index < -0.39 is 0 Å². The van der Waals surface area contributed by atoms with E-state index in [-0.39, 0.29) is 18.2 Å². The summed E-state index contributed by atoms with van der Waals surface area (Å²) in [5.74, 6) is 0. The fourth-order valence-corrected chi connectivity index (χ4v) is 2.33. The van der Waals surface area contributed by atoms with Crippen LogP contribution in [0.15, 0.2) is 0 Å². The van der Waals surface area contributed by atoms with E-state index in [4.69, 9.17) is 0 Å². The van der Waals surface area contributed by atoms with Crippen LogP contribution in [0.1, 0.15) is 38.5 Å². The number of rotatable bonds is 2. The summed E-state index contributed by atoms with van der Waals surface area (Å²) in [6, 6.07) is 0.0171. The van der Waals surface area contributed by atoms with E-state index in [1.54, 1.807) is 0 Å². The summed E-state index contributed by atoms with van der Waals surface area (Å²) in [6.07, 6.45) is 6.40. The molecule has 2 rings (SSSR count). The van der Waals surface area contributed by atoms with E-state index in [1.807, 2.05) is 4.90 Å². The van der Waals surface area contributed by atoms with Crippen molar-refractivity contribution in [3.05, 3.63) is 0 Å². The molecule has 1 aliphatic carbocycles. The first-order valence-corrected chi connectivity index (χ1v) is 5.94. The Hall–Kier alpha value is -0.770. The Balaban J connectivity index is 1.85. The maximum Gasteiger partial charge on any atom is 0.317 e. The molecule has 0 atom stereocenters. The number of likely N-dealkylation sites (tertiary alicyclic amines) is 1. The molecule has 1 saturated heterocycles. The van der Waals surface area contributed by atoms with Crippen LogP contribution >= 0.6 is 0 Å². The zero-order valence-corrected chi connectivity index (χ0v) is 9.17. The number of amides is 2. The van der Waals surface area contributed by atoms with Gasteiger partial charge in [0.05, 0.1) is 12.1 Å². The molecule has 86 valence electrons. The number of nitrogens with zero attached hydrogens (tertiary/aromatic N) is 1.